The van der Waals surface area contributed by atoms with E-state index in [-0.39, 0.29) is 0 Å². The summed E-state index contributed by atoms with van der Waals surface area (Å²) in [5.74, 6) is 3.00. The molecule has 0 spiro atoms. The van der Waals surface area contributed by atoms with Crippen molar-refractivity contribution in [1.29, 1.82) is 0 Å². The molecule has 0 atom stereocenters. The van der Waals surface area contributed by atoms with E-state index in [4.69, 9.17) is 0 Å². The third kappa shape index (κ3) is 2.37. The maximum atomic E-state index is 4.22. The summed E-state index contributed by atoms with van der Waals surface area (Å²) in [6, 6.07) is 4.21. The molecule has 0 unspecified atom stereocenters. The molecule has 2 aliphatic carbocycles. The quantitative estimate of drug-likeness (QED) is 0.817. The van der Waals surface area contributed by atoms with E-state index in [2.05, 4.69) is 22.4 Å². The maximum absolute atomic E-state index is 4.22. The number of rotatable bonds is 5. The van der Waals surface area contributed by atoms with Crippen molar-refractivity contribution >= 4 is 5.69 Å². The lowest BCUT2D eigenvalue weighted by Crippen LogP contribution is -2.18. The van der Waals surface area contributed by atoms with Crippen molar-refractivity contribution in [3.63, 3.8) is 0 Å². The molecule has 1 aromatic rings. The SMILES string of the molecule is Cc1cc(NCC(C2CC2)C2CC2)ccn1. The molecule has 0 aliphatic heterocycles. The fourth-order valence-corrected chi connectivity index (χ4v) is 2.66. The molecule has 2 saturated carbocycles. The van der Waals surface area contributed by atoms with Gasteiger partial charge in [0.25, 0.3) is 0 Å². The molecule has 0 amide bonds. The molecule has 0 radical (unpaired) electrons. The highest BCUT2D eigenvalue weighted by atomic mass is 14.9. The highest BCUT2D eigenvalue weighted by Gasteiger charge is 2.40. The predicted molar refractivity (Wildman–Crippen MR) is 66.4 cm³/mol. The highest BCUT2D eigenvalue weighted by molar-refractivity contribution is 5.43. The minimum Gasteiger partial charge on any atom is -0.385 e. The Morgan fingerprint density at radius 1 is 1.31 bits per heavy atom. The standard InChI is InChI=1S/C14H20N2/c1-10-8-13(6-7-15-10)16-9-14(11-2-3-11)12-4-5-12/h6-8,11-12,14H,2-5,9H2,1H3,(H,15,16). The molecular weight excluding hydrogens is 196 g/mol. The van der Waals surface area contributed by atoms with E-state index < -0.39 is 0 Å². The molecular formula is C14H20N2. The lowest BCUT2D eigenvalue weighted by Gasteiger charge is -2.17. The average Bonchev–Trinajstić information content (AvgIpc) is 3.13. The molecule has 16 heavy (non-hydrogen) atoms. The Hall–Kier alpha value is -1.05. The van der Waals surface area contributed by atoms with Gasteiger partial charge in [0.15, 0.2) is 0 Å². The van der Waals surface area contributed by atoms with Gasteiger partial charge in [-0.15, -0.1) is 0 Å². The molecule has 2 fully saturated rings. The number of hydrogen-bond acceptors (Lipinski definition) is 2. The minimum atomic E-state index is 0.938. The molecule has 1 N–H and O–H groups in total. The number of nitrogens with one attached hydrogen (secondary N) is 1. The third-order valence-corrected chi connectivity index (χ3v) is 3.89. The van der Waals surface area contributed by atoms with Gasteiger partial charge in [-0.05, 0) is 62.5 Å². The summed E-state index contributed by atoms with van der Waals surface area (Å²) in [5, 5.41) is 3.59. The van der Waals surface area contributed by atoms with Gasteiger partial charge in [0, 0.05) is 24.1 Å². The highest BCUT2D eigenvalue weighted by Crippen LogP contribution is 2.49. The summed E-state index contributed by atoms with van der Waals surface area (Å²) in [6.45, 7) is 3.21. The summed E-state index contributed by atoms with van der Waals surface area (Å²) in [4.78, 5) is 4.22. The van der Waals surface area contributed by atoms with Crippen molar-refractivity contribution in [1.82, 2.24) is 4.98 Å². The van der Waals surface area contributed by atoms with Crippen LogP contribution >= 0.6 is 0 Å². The van der Waals surface area contributed by atoms with Crippen LogP contribution in [0.3, 0.4) is 0 Å². The average molecular weight is 216 g/mol. The van der Waals surface area contributed by atoms with Gasteiger partial charge in [-0.2, -0.15) is 0 Å². The monoisotopic (exact) mass is 216 g/mol. The second-order valence-corrected chi connectivity index (χ2v) is 5.41. The van der Waals surface area contributed by atoms with Crippen LogP contribution < -0.4 is 5.32 Å². The third-order valence-electron chi connectivity index (χ3n) is 3.89. The van der Waals surface area contributed by atoms with Gasteiger partial charge >= 0.3 is 0 Å². The Labute approximate surface area is 97.5 Å². The first-order valence-corrected chi connectivity index (χ1v) is 6.49. The van der Waals surface area contributed by atoms with Crippen LogP contribution in [0.1, 0.15) is 31.4 Å². The lowest BCUT2D eigenvalue weighted by atomic mass is 9.98. The summed E-state index contributed by atoms with van der Waals surface area (Å²) in [6.07, 6.45) is 7.77. The topological polar surface area (TPSA) is 24.9 Å². The largest absolute Gasteiger partial charge is 0.385 e. The fourth-order valence-electron chi connectivity index (χ4n) is 2.66. The molecule has 1 heterocycles. The van der Waals surface area contributed by atoms with E-state index >= 15 is 0 Å². The summed E-state index contributed by atoms with van der Waals surface area (Å²) >= 11 is 0. The van der Waals surface area contributed by atoms with E-state index in [1.807, 2.05) is 13.1 Å². The lowest BCUT2D eigenvalue weighted by molar-refractivity contribution is 0.428. The molecule has 1 aromatic heterocycles. The normalized spacial score (nSPS) is 20.1. The Morgan fingerprint density at radius 2 is 2.00 bits per heavy atom. The van der Waals surface area contributed by atoms with E-state index in [0.29, 0.717) is 0 Å². The second kappa shape index (κ2) is 4.08. The predicted octanol–water partition coefficient (Wildman–Crippen LogP) is 3.24. The number of pyridine rings is 1. The molecule has 0 bridgehead atoms. The molecule has 0 saturated heterocycles. The van der Waals surface area contributed by atoms with Crippen molar-refractivity contribution in [2.45, 2.75) is 32.6 Å². The minimum absolute atomic E-state index is 0.938. The van der Waals surface area contributed by atoms with Gasteiger partial charge in [-0.3, -0.25) is 4.98 Å². The molecule has 2 aliphatic rings. The zero-order valence-corrected chi connectivity index (χ0v) is 9.95. The molecule has 3 rings (SSSR count). The van der Waals surface area contributed by atoms with Crippen molar-refractivity contribution in [2.75, 3.05) is 11.9 Å². The Balaban J connectivity index is 1.58. The van der Waals surface area contributed by atoms with Crippen LogP contribution in [-0.4, -0.2) is 11.5 Å². The van der Waals surface area contributed by atoms with Crippen LogP contribution in [0.5, 0.6) is 0 Å². The Morgan fingerprint density at radius 3 is 2.56 bits per heavy atom. The van der Waals surface area contributed by atoms with Gasteiger partial charge in [-0.1, -0.05) is 0 Å². The Bertz CT molecular complexity index is 355. The summed E-state index contributed by atoms with van der Waals surface area (Å²) in [5.41, 5.74) is 2.33. The second-order valence-electron chi connectivity index (χ2n) is 5.41. The smallest absolute Gasteiger partial charge is 0.0393 e. The van der Waals surface area contributed by atoms with Crippen molar-refractivity contribution in [3.05, 3.63) is 24.0 Å². The van der Waals surface area contributed by atoms with Gasteiger partial charge in [-0.25, -0.2) is 0 Å². The van der Waals surface area contributed by atoms with Crippen LogP contribution in [0.25, 0.3) is 0 Å². The van der Waals surface area contributed by atoms with E-state index in [1.54, 1.807) is 0 Å². The van der Waals surface area contributed by atoms with Crippen LogP contribution in [0.2, 0.25) is 0 Å². The Kier molecular flexibility index (Phi) is 2.58. The summed E-state index contributed by atoms with van der Waals surface area (Å²) < 4.78 is 0. The van der Waals surface area contributed by atoms with Crippen molar-refractivity contribution < 1.29 is 0 Å². The van der Waals surface area contributed by atoms with E-state index in [1.165, 1.54) is 37.9 Å². The number of anilines is 1. The van der Waals surface area contributed by atoms with Crippen LogP contribution in [-0.2, 0) is 0 Å². The maximum Gasteiger partial charge on any atom is 0.0393 e. The fraction of sp³-hybridized carbons (Fsp3) is 0.643. The van der Waals surface area contributed by atoms with Crippen LogP contribution in [0.4, 0.5) is 5.69 Å². The van der Waals surface area contributed by atoms with Crippen molar-refractivity contribution in [2.24, 2.45) is 17.8 Å². The molecule has 2 heteroatoms. The van der Waals surface area contributed by atoms with Crippen LogP contribution in [0, 0.1) is 24.7 Å². The van der Waals surface area contributed by atoms with E-state index in [9.17, 15) is 0 Å². The zero-order chi connectivity index (χ0) is 11.0. The first-order valence-electron chi connectivity index (χ1n) is 6.49. The number of nitrogens with zero attached hydrogens (tertiary/aromatic N) is 1. The van der Waals surface area contributed by atoms with Crippen molar-refractivity contribution in [3.8, 4) is 0 Å². The molecule has 86 valence electrons. The van der Waals surface area contributed by atoms with Crippen LogP contribution in [0.15, 0.2) is 18.3 Å². The van der Waals surface area contributed by atoms with Gasteiger partial charge in [0.1, 0.15) is 0 Å². The van der Waals surface area contributed by atoms with Gasteiger partial charge in [0.2, 0.25) is 0 Å². The zero-order valence-electron chi connectivity index (χ0n) is 9.95. The van der Waals surface area contributed by atoms with Gasteiger partial charge < -0.3 is 5.32 Å². The number of hydrogen-bond donors (Lipinski definition) is 1. The molecule has 2 nitrogen and oxygen atoms in total. The first kappa shape index (κ1) is 10.1. The van der Waals surface area contributed by atoms with E-state index in [0.717, 1.165) is 23.4 Å². The molecule has 0 aromatic carbocycles. The number of aryl methyl sites for hydroxylation is 1. The number of aromatic nitrogens is 1. The van der Waals surface area contributed by atoms with Gasteiger partial charge in [0.05, 0.1) is 0 Å². The first-order chi connectivity index (χ1) is 7.83. The summed E-state index contributed by atoms with van der Waals surface area (Å²) in [7, 11) is 0.